The molecule has 0 saturated heterocycles. The maximum atomic E-state index is 4.63. The lowest BCUT2D eigenvalue weighted by molar-refractivity contribution is 0.827. The highest BCUT2D eigenvalue weighted by atomic mass is 32.2. The van der Waals surface area contributed by atoms with E-state index in [-0.39, 0.29) is 0 Å². The first-order chi connectivity index (χ1) is 10.8. The van der Waals surface area contributed by atoms with Crippen LogP contribution in [0.25, 0.3) is 16.7 Å². The number of hydrogen-bond acceptors (Lipinski definition) is 5. The Balaban J connectivity index is 2.08. The van der Waals surface area contributed by atoms with Crippen LogP contribution in [0, 0.1) is 0 Å². The Morgan fingerprint density at radius 3 is 2.73 bits per heavy atom. The minimum absolute atomic E-state index is 0.754. The molecular weight excluding hydrogens is 294 g/mol. The number of aromatic nitrogens is 4. The number of hydrogen-bond donors (Lipinski definition) is 1. The molecule has 0 aliphatic rings. The average molecular weight is 313 g/mol. The Morgan fingerprint density at radius 2 is 2.00 bits per heavy atom. The summed E-state index contributed by atoms with van der Waals surface area (Å²) in [4.78, 5) is 9.22. The monoisotopic (exact) mass is 313 g/mol. The Hall–Kier alpha value is -2.08. The highest BCUT2D eigenvalue weighted by molar-refractivity contribution is 7.98. The molecule has 22 heavy (non-hydrogen) atoms. The standard InChI is InChI=1S/C16H19N5S/c1-3-4-10-17-14-13-11-18-21(12-8-6-5-7-9-12)15(13)20-16(19-14)22-2/h5-9,11H,3-4,10H2,1-2H3,(H,17,19,20). The molecule has 1 aromatic carbocycles. The molecule has 5 nitrogen and oxygen atoms in total. The van der Waals surface area contributed by atoms with Crippen molar-refractivity contribution in [3.63, 3.8) is 0 Å². The molecular formula is C16H19N5S. The number of para-hydroxylation sites is 1. The van der Waals surface area contributed by atoms with Gasteiger partial charge in [0.05, 0.1) is 17.3 Å². The van der Waals surface area contributed by atoms with Gasteiger partial charge < -0.3 is 5.32 Å². The van der Waals surface area contributed by atoms with Crippen LogP contribution < -0.4 is 5.32 Å². The lowest BCUT2D eigenvalue weighted by Gasteiger charge is -2.08. The van der Waals surface area contributed by atoms with E-state index < -0.39 is 0 Å². The van der Waals surface area contributed by atoms with Crippen LogP contribution in [-0.2, 0) is 0 Å². The van der Waals surface area contributed by atoms with E-state index in [4.69, 9.17) is 0 Å². The van der Waals surface area contributed by atoms with Crippen molar-refractivity contribution in [2.24, 2.45) is 0 Å². The molecule has 0 amide bonds. The molecule has 0 saturated carbocycles. The first-order valence-electron chi connectivity index (χ1n) is 7.42. The molecule has 0 fully saturated rings. The van der Waals surface area contributed by atoms with Gasteiger partial charge in [0.2, 0.25) is 0 Å². The van der Waals surface area contributed by atoms with Gasteiger partial charge in [-0.25, -0.2) is 14.6 Å². The zero-order chi connectivity index (χ0) is 15.4. The average Bonchev–Trinajstić information content (AvgIpc) is 2.99. The SMILES string of the molecule is CCCCNc1nc(SC)nc2c1cnn2-c1ccccc1. The molecule has 6 heteroatoms. The molecule has 2 heterocycles. The minimum atomic E-state index is 0.754. The molecule has 2 aromatic heterocycles. The fourth-order valence-electron chi connectivity index (χ4n) is 2.26. The molecule has 3 aromatic rings. The van der Waals surface area contributed by atoms with Crippen molar-refractivity contribution in [2.75, 3.05) is 18.1 Å². The van der Waals surface area contributed by atoms with Crippen molar-refractivity contribution < 1.29 is 0 Å². The van der Waals surface area contributed by atoms with Crippen molar-refractivity contribution in [1.29, 1.82) is 0 Å². The quantitative estimate of drug-likeness (QED) is 0.427. The van der Waals surface area contributed by atoms with E-state index in [1.807, 2.05) is 47.5 Å². The second-order valence-electron chi connectivity index (χ2n) is 4.97. The summed E-state index contributed by atoms with van der Waals surface area (Å²) in [7, 11) is 0. The third kappa shape index (κ3) is 2.92. The first kappa shape index (κ1) is 14.8. The number of thioether (sulfide) groups is 1. The number of nitrogens with one attached hydrogen (secondary N) is 1. The predicted molar refractivity (Wildman–Crippen MR) is 91.8 cm³/mol. The van der Waals surface area contributed by atoms with Crippen molar-refractivity contribution in [3.05, 3.63) is 36.5 Å². The summed E-state index contributed by atoms with van der Waals surface area (Å²) in [5, 5.41) is 9.62. The number of fused-ring (bicyclic) bond motifs is 1. The van der Waals surface area contributed by atoms with E-state index in [0.717, 1.165) is 47.1 Å². The number of rotatable bonds is 6. The summed E-state index contributed by atoms with van der Waals surface area (Å²) in [5.74, 6) is 0.866. The predicted octanol–water partition coefficient (Wildman–Crippen LogP) is 3.75. The molecule has 0 unspecified atom stereocenters. The van der Waals surface area contributed by atoms with Gasteiger partial charge in [-0.05, 0) is 24.8 Å². The molecule has 0 aliphatic carbocycles. The number of anilines is 1. The number of benzene rings is 1. The molecule has 3 rings (SSSR count). The number of unbranched alkanes of at least 4 members (excludes halogenated alkanes) is 1. The lowest BCUT2D eigenvalue weighted by Crippen LogP contribution is -2.05. The van der Waals surface area contributed by atoms with Crippen molar-refractivity contribution >= 4 is 28.6 Å². The molecule has 0 bridgehead atoms. The Kier molecular flexibility index (Phi) is 4.58. The third-order valence-corrected chi connectivity index (χ3v) is 3.96. The van der Waals surface area contributed by atoms with E-state index in [9.17, 15) is 0 Å². The van der Waals surface area contributed by atoms with Gasteiger partial charge >= 0.3 is 0 Å². The van der Waals surface area contributed by atoms with Crippen LogP contribution in [0.1, 0.15) is 19.8 Å². The largest absolute Gasteiger partial charge is 0.369 e. The molecule has 0 atom stereocenters. The van der Waals surface area contributed by atoms with Crippen LogP contribution in [0.2, 0.25) is 0 Å². The molecule has 0 radical (unpaired) electrons. The van der Waals surface area contributed by atoms with Crippen LogP contribution in [0.4, 0.5) is 5.82 Å². The zero-order valence-corrected chi connectivity index (χ0v) is 13.6. The Labute approximate surface area is 134 Å². The van der Waals surface area contributed by atoms with Gasteiger partial charge in [-0.1, -0.05) is 43.3 Å². The summed E-state index contributed by atoms with van der Waals surface area (Å²) in [6, 6.07) is 10.0. The first-order valence-corrected chi connectivity index (χ1v) is 8.65. The summed E-state index contributed by atoms with van der Waals surface area (Å²) in [6.45, 7) is 3.09. The summed E-state index contributed by atoms with van der Waals surface area (Å²) in [5.41, 5.74) is 1.84. The zero-order valence-electron chi connectivity index (χ0n) is 12.8. The van der Waals surface area contributed by atoms with Crippen molar-refractivity contribution in [1.82, 2.24) is 19.7 Å². The maximum Gasteiger partial charge on any atom is 0.191 e. The lowest BCUT2D eigenvalue weighted by atomic mass is 10.3. The summed E-state index contributed by atoms with van der Waals surface area (Å²) < 4.78 is 1.86. The van der Waals surface area contributed by atoms with Crippen molar-refractivity contribution in [2.45, 2.75) is 24.9 Å². The maximum absolute atomic E-state index is 4.63. The van der Waals surface area contributed by atoms with Crippen LogP contribution in [0.15, 0.2) is 41.7 Å². The normalized spacial score (nSPS) is 11.0. The van der Waals surface area contributed by atoms with Gasteiger partial charge in [-0.2, -0.15) is 5.10 Å². The topological polar surface area (TPSA) is 55.6 Å². The van der Waals surface area contributed by atoms with Crippen LogP contribution in [0.3, 0.4) is 0 Å². The number of nitrogens with zero attached hydrogens (tertiary/aromatic N) is 4. The van der Waals surface area contributed by atoms with Gasteiger partial charge in [0.25, 0.3) is 0 Å². The van der Waals surface area contributed by atoms with E-state index in [1.165, 1.54) is 0 Å². The second kappa shape index (κ2) is 6.79. The van der Waals surface area contributed by atoms with E-state index in [0.29, 0.717) is 0 Å². The highest BCUT2D eigenvalue weighted by Gasteiger charge is 2.13. The fourth-order valence-corrected chi connectivity index (χ4v) is 2.62. The third-order valence-electron chi connectivity index (χ3n) is 3.41. The van der Waals surface area contributed by atoms with Gasteiger partial charge in [0.15, 0.2) is 10.8 Å². The fraction of sp³-hybridized carbons (Fsp3) is 0.312. The molecule has 0 aliphatic heterocycles. The van der Waals surface area contributed by atoms with E-state index >= 15 is 0 Å². The Morgan fingerprint density at radius 1 is 1.18 bits per heavy atom. The van der Waals surface area contributed by atoms with E-state index in [1.54, 1.807) is 11.8 Å². The van der Waals surface area contributed by atoms with E-state index in [2.05, 4.69) is 27.3 Å². The van der Waals surface area contributed by atoms with Crippen LogP contribution in [0.5, 0.6) is 0 Å². The molecule has 0 spiro atoms. The summed E-state index contributed by atoms with van der Waals surface area (Å²) in [6.07, 6.45) is 6.09. The molecule has 1 N–H and O–H groups in total. The van der Waals surface area contributed by atoms with Gasteiger partial charge in [0.1, 0.15) is 5.82 Å². The Bertz CT molecular complexity index is 754. The van der Waals surface area contributed by atoms with Crippen LogP contribution >= 0.6 is 11.8 Å². The summed E-state index contributed by atoms with van der Waals surface area (Å²) >= 11 is 1.54. The minimum Gasteiger partial charge on any atom is -0.369 e. The van der Waals surface area contributed by atoms with Crippen molar-refractivity contribution in [3.8, 4) is 5.69 Å². The van der Waals surface area contributed by atoms with Gasteiger partial charge in [-0.15, -0.1) is 0 Å². The van der Waals surface area contributed by atoms with Gasteiger partial charge in [0, 0.05) is 6.54 Å². The second-order valence-corrected chi connectivity index (χ2v) is 5.74. The smallest absolute Gasteiger partial charge is 0.191 e. The van der Waals surface area contributed by atoms with Gasteiger partial charge in [-0.3, -0.25) is 0 Å². The van der Waals surface area contributed by atoms with Crippen LogP contribution in [-0.4, -0.2) is 32.5 Å². The molecule has 114 valence electrons. The highest BCUT2D eigenvalue weighted by Crippen LogP contribution is 2.25.